The molecule has 1 aromatic rings. The van der Waals surface area contributed by atoms with Crippen molar-refractivity contribution in [2.75, 3.05) is 11.9 Å². The lowest BCUT2D eigenvalue weighted by Gasteiger charge is -2.29. The highest BCUT2D eigenvalue weighted by molar-refractivity contribution is 5.37. The van der Waals surface area contributed by atoms with Crippen LogP contribution in [0.15, 0.2) is 18.3 Å². The Bertz CT molecular complexity index is 389. The first-order valence-electron chi connectivity index (χ1n) is 7.67. The molecule has 0 amide bonds. The maximum Gasteiger partial charge on any atom is 0.125 e. The third-order valence-corrected chi connectivity index (χ3v) is 4.46. The minimum absolute atomic E-state index is 0.184. The van der Waals surface area contributed by atoms with Gasteiger partial charge in [0.1, 0.15) is 5.82 Å². The predicted molar refractivity (Wildman–Crippen MR) is 82.5 cm³/mol. The summed E-state index contributed by atoms with van der Waals surface area (Å²) < 4.78 is 0. The summed E-state index contributed by atoms with van der Waals surface area (Å²) in [5.74, 6) is 2.69. The molecule has 0 radical (unpaired) electrons. The van der Waals surface area contributed by atoms with Crippen molar-refractivity contribution in [3.05, 3.63) is 23.9 Å². The van der Waals surface area contributed by atoms with Gasteiger partial charge < -0.3 is 5.32 Å². The van der Waals surface area contributed by atoms with Crippen molar-refractivity contribution in [3.63, 3.8) is 0 Å². The Morgan fingerprint density at radius 2 is 1.95 bits per heavy atom. The first kappa shape index (κ1) is 14.4. The smallest absolute Gasteiger partial charge is 0.125 e. The Labute approximate surface area is 118 Å². The van der Waals surface area contributed by atoms with Gasteiger partial charge in [0.15, 0.2) is 0 Å². The molecule has 0 spiro atoms. The van der Waals surface area contributed by atoms with Crippen molar-refractivity contribution in [3.8, 4) is 0 Å². The molecule has 2 atom stereocenters. The molecular weight excluding hydrogens is 232 g/mol. The number of hydrogen-bond acceptors (Lipinski definition) is 2. The second-order valence-electron chi connectivity index (χ2n) is 7.08. The number of rotatable bonds is 3. The Morgan fingerprint density at radius 3 is 2.53 bits per heavy atom. The zero-order valence-electron chi connectivity index (χ0n) is 12.9. The summed E-state index contributed by atoms with van der Waals surface area (Å²) >= 11 is 0. The van der Waals surface area contributed by atoms with Crippen molar-refractivity contribution in [2.24, 2.45) is 11.8 Å². The molecular formula is C17H28N2. The highest BCUT2D eigenvalue weighted by atomic mass is 15.0. The number of hydrogen-bond donors (Lipinski definition) is 1. The van der Waals surface area contributed by atoms with Crippen molar-refractivity contribution >= 4 is 5.82 Å². The van der Waals surface area contributed by atoms with Crippen LogP contribution in [0.3, 0.4) is 0 Å². The monoisotopic (exact) mass is 260 g/mol. The van der Waals surface area contributed by atoms with Gasteiger partial charge in [-0.25, -0.2) is 4.98 Å². The second kappa shape index (κ2) is 5.94. The van der Waals surface area contributed by atoms with E-state index < -0.39 is 0 Å². The maximum absolute atomic E-state index is 4.54. The van der Waals surface area contributed by atoms with E-state index in [1.54, 1.807) is 0 Å². The van der Waals surface area contributed by atoms with E-state index in [4.69, 9.17) is 0 Å². The second-order valence-corrected chi connectivity index (χ2v) is 7.08. The van der Waals surface area contributed by atoms with E-state index in [-0.39, 0.29) is 5.41 Å². The van der Waals surface area contributed by atoms with Crippen LogP contribution < -0.4 is 5.32 Å². The van der Waals surface area contributed by atoms with Crippen LogP contribution in [0.5, 0.6) is 0 Å². The van der Waals surface area contributed by atoms with Crippen LogP contribution in [0.1, 0.15) is 58.9 Å². The molecule has 1 fully saturated rings. The highest BCUT2D eigenvalue weighted by Gasteiger charge is 2.21. The van der Waals surface area contributed by atoms with E-state index in [0.29, 0.717) is 0 Å². The van der Waals surface area contributed by atoms with Gasteiger partial charge in [0, 0.05) is 12.7 Å². The standard InChI is InChI=1S/C17H28N2/c1-13-7-5-6-8-14(13)11-18-16-10-9-15(12-19-16)17(2,3)4/h9-10,12-14H,5-8,11H2,1-4H3,(H,18,19). The molecule has 1 heterocycles. The molecule has 2 heteroatoms. The summed E-state index contributed by atoms with van der Waals surface area (Å²) in [7, 11) is 0. The molecule has 0 saturated heterocycles. The summed E-state index contributed by atoms with van der Waals surface area (Å²) in [6.07, 6.45) is 7.58. The first-order chi connectivity index (χ1) is 8.97. The molecule has 0 aliphatic heterocycles. The van der Waals surface area contributed by atoms with E-state index in [0.717, 1.165) is 24.2 Å². The summed E-state index contributed by atoms with van der Waals surface area (Å²) in [5, 5.41) is 3.51. The van der Waals surface area contributed by atoms with E-state index in [1.807, 2.05) is 6.20 Å². The Morgan fingerprint density at radius 1 is 1.21 bits per heavy atom. The third-order valence-electron chi connectivity index (χ3n) is 4.46. The molecule has 2 nitrogen and oxygen atoms in total. The predicted octanol–water partition coefficient (Wildman–Crippen LogP) is 4.62. The lowest BCUT2D eigenvalue weighted by Crippen LogP contribution is -2.24. The number of nitrogens with one attached hydrogen (secondary N) is 1. The van der Waals surface area contributed by atoms with Crippen LogP contribution in [-0.4, -0.2) is 11.5 Å². The summed E-state index contributed by atoms with van der Waals surface area (Å²) in [6, 6.07) is 4.31. The average Bonchev–Trinajstić information content (AvgIpc) is 2.37. The topological polar surface area (TPSA) is 24.9 Å². The molecule has 19 heavy (non-hydrogen) atoms. The van der Waals surface area contributed by atoms with Crippen LogP contribution in [-0.2, 0) is 5.41 Å². The van der Waals surface area contributed by atoms with Crippen LogP contribution in [0.25, 0.3) is 0 Å². The number of nitrogens with zero attached hydrogens (tertiary/aromatic N) is 1. The molecule has 1 saturated carbocycles. The van der Waals surface area contributed by atoms with E-state index in [9.17, 15) is 0 Å². The van der Waals surface area contributed by atoms with Crippen molar-refractivity contribution in [1.82, 2.24) is 4.98 Å². The zero-order chi connectivity index (χ0) is 13.9. The molecule has 106 valence electrons. The fourth-order valence-electron chi connectivity index (χ4n) is 2.87. The number of pyridine rings is 1. The van der Waals surface area contributed by atoms with Crippen LogP contribution in [0, 0.1) is 11.8 Å². The van der Waals surface area contributed by atoms with Gasteiger partial charge in [-0.2, -0.15) is 0 Å². The summed E-state index contributed by atoms with van der Waals surface area (Å²) in [5.41, 5.74) is 1.48. The van der Waals surface area contributed by atoms with Gasteiger partial charge in [-0.1, -0.05) is 53.0 Å². The van der Waals surface area contributed by atoms with Crippen LogP contribution in [0.4, 0.5) is 5.82 Å². The molecule has 1 N–H and O–H groups in total. The quantitative estimate of drug-likeness (QED) is 0.858. The summed E-state index contributed by atoms with van der Waals surface area (Å²) in [6.45, 7) is 10.1. The molecule has 0 aromatic carbocycles. The van der Waals surface area contributed by atoms with Gasteiger partial charge in [0.2, 0.25) is 0 Å². The summed E-state index contributed by atoms with van der Waals surface area (Å²) in [4.78, 5) is 4.54. The van der Waals surface area contributed by atoms with Gasteiger partial charge in [-0.05, 0) is 35.3 Å². The minimum Gasteiger partial charge on any atom is -0.370 e. The normalized spacial score (nSPS) is 24.2. The minimum atomic E-state index is 0.184. The van der Waals surface area contributed by atoms with Crippen molar-refractivity contribution < 1.29 is 0 Å². The number of aromatic nitrogens is 1. The SMILES string of the molecule is CC1CCCCC1CNc1ccc(C(C)(C)C)cn1. The highest BCUT2D eigenvalue weighted by Crippen LogP contribution is 2.29. The van der Waals surface area contributed by atoms with E-state index >= 15 is 0 Å². The van der Waals surface area contributed by atoms with Gasteiger partial charge in [0.25, 0.3) is 0 Å². The van der Waals surface area contributed by atoms with Gasteiger partial charge >= 0.3 is 0 Å². The molecule has 1 aliphatic carbocycles. The first-order valence-corrected chi connectivity index (χ1v) is 7.67. The molecule has 1 aromatic heterocycles. The Hall–Kier alpha value is -1.05. The fourth-order valence-corrected chi connectivity index (χ4v) is 2.87. The third kappa shape index (κ3) is 3.95. The molecule has 2 rings (SSSR count). The van der Waals surface area contributed by atoms with Crippen molar-refractivity contribution in [1.29, 1.82) is 0 Å². The maximum atomic E-state index is 4.54. The molecule has 1 aliphatic rings. The lowest BCUT2D eigenvalue weighted by molar-refractivity contribution is 0.268. The largest absolute Gasteiger partial charge is 0.370 e. The molecule has 2 unspecified atom stereocenters. The van der Waals surface area contributed by atoms with Crippen LogP contribution >= 0.6 is 0 Å². The fraction of sp³-hybridized carbons (Fsp3) is 0.706. The van der Waals surface area contributed by atoms with E-state index in [1.165, 1.54) is 31.2 Å². The van der Waals surface area contributed by atoms with Crippen molar-refractivity contribution in [2.45, 2.75) is 58.8 Å². The Kier molecular flexibility index (Phi) is 4.49. The van der Waals surface area contributed by atoms with Gasteiger partial charge in [-0.3, -0.25) is 0 Å². The average molecular weight is 260 g/mol. The van der Waals surface area contributed by atoms with Gasteiger partial charge in [0.05, 0.1) is 0 Å². The van der Waals surface area contributed by atoms with E-state index in [2.05, 4.69) is 50.1 Å². The van der Waals surface area contributed by atoms with Crippen LogP contribution in [0.2, 0.25) is 0 Å². The zero-order valence-corrected chi connectivity index (χ0v) is 12.9. The van der Waals surface area contributed by atoms with Gasteiger partial charge in [-0.15, -0.1) is 0 Å². The number of anilines is 1. The lowest BCUT2D eigenvalue weighted by atomic mass is 9.80. The molecule has 0 bridgehead atoms. The Balaban J connectivity index is 1.89.